The summed E-state index contributed by atoms with van der Waals surface area (Å²) in [6, 6.07) is 32.7. The van der Waals surface area contributed by atoms with Gasteiger partial charge < -0.3 is 64.6 Å². The highest BCUT2D eigenvalue weighted by Gasteiger charge is 2.31. The van der Waals surface area contributed by atoms with Crippen molar-refractivity contribution in [1.82, 2.24) is 28.9 Å². The molecule has 486 valence electrons. The number of aromatic nitrogens is 4. The molecule has 5 N–H and O–H groups in total. The monoisotopic (exact) mass is 1270 g/mol. The molecule has 4 aromatic carbocycles. The predicted molar refractivity (Wildman–Crippen MR) is 365 cm³/mol. The number of aliphatic hydroxyl groups is 1. The average Bonchev–Trinajstić information content (AvgIpc) is 1.21. The van der Waals surface area contributed by atoms with Crippen LogP contribution >= 0.6 is 0 Å². The van der Waals surface area contributed by atoms with Crippen molar-refractivity contribution in [2.24, 2.45) is 14.1 Å². The number of amides is 4. The summed E-state index contributed by atoms with van der Waals surface area (Å²) in [4.78, 5) is 108. The normalized spacial score (nSPS) is 15.1. The summed E-state index contributed by atoms with van der Waals surface area (Å²) >= 11 is 0. The van der Waals surface area contributed by atoms with Crippen LogP contribution in [0.5, 0.6) is 0 Å². The van der Waals surface area contributed by atoms with Crippen LogP contribution in [0.2, 0.25) is 0 Å². The summed E-state index contributed by atoms with van der Waals surface area (Å²) in [7, 11) is 3.29. The fourth-order valence-electron chi connectivity index (χ4n) is 11.9. The molecular formula is C72H78N12O10. The van der Waals surface area contributed by atoms with Crippen LogP contribution < -0.4 is 42.2 Å². The number of aryl methyl sites for hydroxylation is 2. The molecule has 0 spiro atoms. The lowest BCUT2D eigenvalue weighted by molar-refractivity contribution is 0.0301. The standard InChI is InChI=1S/C36H40N6O5.C36H38N6O5/c2*1-36(2,3)25-9-10-27-29(19-25)37-12-13-42(34(27)45)31-7-5-6-26(28(31)22-43)24-18-30(35(46)40(4)21-24)39-32-11-8-23(20-38-32)33(44)41-14-16-47-17-15-41/h5-11,18-21,37,43H,12-17,22H2,1-4H3,(H,38,39);5-11,18-22,37H,12-17H2,1-4H3,(H,38,39). The third-order valence-corrected chi connectivity index (χ3v) is 17.2. The minimum atomic E-state index is -0.315. The summed E-state index contributed by atoms with van der Waals surface area (Å²) in [6.07, 6.45) is 7.10. The van der Waals surface area contributed by atoms with Crippen molar-refractivity contribution in [3.63, 3.8) is 0 Å². The van der Waals surface area contributed by atoms with Crippen molar-refractivity contribution in [2.75, 3.05) is 110 Å². The van der Waals surface area contributed by atoms with Crippen molar-refractivity contribution in [1.29, 1.82) is 0 Å². The molecule has 0 saturated carbocycles. The molecule has 22 nitrogen and oxygen atoms in total. The number of fused-ring (bicyclic) bond motifs is 2. The minimum absolute atomic E-state index is 0.0603. The predicted octanol–water partition coefficient (Wildman–Crippen LogP) is 9.37. The van der Waals surface area contributed by atoms with E-state index in [9.17, 15) is 38.7 Å². The van der Waals surface area contributed by atoms with E-state index < -0.39 is 0 Å². The van der Waals surface area contributed by atoms with Crippen LogP contribution in [0, 0.1) is 0 Å². The van der Waals surface area contributed by atoms with Gasteiger partial charge in [-0.25, -0.2) is 9.97 Å². The maximum absolute atomic E-state index is 13.9. The Morgan fingerprint density at radius 2 is 0.989 bits per heavy atom. The van der Waals surface area contributed by atoms with Gasteiger partial charge in [0.25, 0.3) is 34.7 Å². The van der Waals surface area contributed by atoms with Gasteiger partial charge in [0.1, 0.15) is 23.0 Å². The van der Waals surface area contributed by atoms with E-state index in [1.807, 2.05) is 54.6 Å². The molecule has 4 amide bonds. The smallest absolute Gasteiger partial charge is 0.274 e. The molecule has 0 radical (unpaired) electrons. The zero-order chi connectivity index (χ0) is 66.6. The molecule has 22 heteroatoms. The van der Waals surface area contributed by atoms with Crippen molar-refractivity contribution in [2.45, 2.75) is 59.0 Å². The fraction of sp³-hybridized carbons (Fsp3) is 0.319. The molecular weight excluding hydrogens is 1190 g/mol. The van der Waals surface area contributed by atoms with Gasteiger partial charge in [0.2, 0.25) is 0 Å². The van der Waals surface area contributed by atoms with Gasteiger partial charge in [0, 0.05) is 125 Å². The van der Waals surface area contributed by atoms with E-state index in [0.717, 1.165) is 28.8 Å². The molecule has 94 heavy (non-hydrogen) atoms. The van der Waals surface area contributed by atoms with E-state index in [1.165, 1.54) is 21.5 Å². The third-order valence-electron chi connectivity index (χ3n) is 17.2. The van der Waals surface area contributed by atoms with E-state index in [1.54, 1.807) is 101 Å². The summed E-state index contributed by atoms with van der Waals surface area (Å²) in [5.74, 6) is 0.210. The summed E-state index contributed by atoms with van der Waals surface area (Å²) in [5, 5.41) is 23.7. The number of anilines is 8. The summed E-state index contributed by atoms with van der Waals surface area (Å²) in [6.45, 7) is 18.5. The first-order chi connectivity index (χ1) is 45.1. The van der Waals surface area contributed by atoms with Gasteiger partial charge in [-0.05, 0) is 106 Å². The second kappa shape index (κ2) is 27.5. The number of ether oxygens (including phenoxy) is 2. The van der Waals surface area contributed by atoms with Crippen LogP contribution in [0.15, 0.2) is 144 Å². The molecule has 0 bridgehead atoms. The molecule has 4 aromatic heterocycles. The Bertz CT molecular complexity index is 4330. The number of hydrogen-bond acceptors (Lipinski definition) is 16. The minimum Gasteiger partial charge on any atom is -0.392 e. The van der Waals surface area contributed by atoms with Gasteiger partial charge >= 0.3 is 0 Å². The lowest BCUT2D eigenvalue weighted by atomic mass is 9.86. The van der Waals surface area contributed by atoms with E-state index in [-0.39, 0.29) is 63.6 Å². The maximum atomic E-state index is 13.9. The quantitative estimate of drug-likeness (QED) is 0.0714. The molecule has 4 aliphatic rings. The first kappa shape index (κ1) is 65.2. The highest BCUT2D eigenvalue weighted by atomic mass is 16.5. The first-order valence-corrected chi connectivity index (χ1v) is 31.4. The number of morpholine rings is 2. The molecule has 2 fully saturated rings. The molecule has 8 heterocycles. The highest BCUT2D eigenvalue weighted by molar-refractivity contribution is 6.13. The van der Waals surface area contributed by atoms with Crippen LogP contribution in [0.25, 0.3) is 22.3 Å². The number of hydrogen-bond donors (Lipinski definition) is 5. The van der Waals surface area contributed by atoms with Gasteiger partial charge in [-0.1, -0.05) is 77.9 Å². The highest BCUT2D eigenvalue weighted by Crippen LogP contribution is 2.38. The van der Waals surface area contributed by atoms with Crippen molar-refractivity contribution in [3.8, 4) is 22.3 Å². The number of aldehydes is 1. The Labute approximate surface area is 545 Å². The first-order valence-electron chi connectivity index (χ1n) is 31.4. The van der Waals surface area contributed by atoms with Crippen LogP contribution in [0.1, 0.15) is 110 Å². The van der Waals surface area contributed by atoms with Gasteiger partial charge in [-0.15, -0.1) is 0 Å². The number of aliphatic hydroxyl groups excluding tert-OH is 1. The lowest BCUT2D eigenvalue weighted by Crippen LogP contribution is -2.40. The third kappa shape index (κ3) is 13.9. The molecule has 0 atom stereocenters. The molecule has 0 unspecified atom stereocenters. The van der Waals surface area contributed by atoms with Crippen LogP contribution in [-0.4, -0.2) is 143 Å². The van der Waals surface area contributed by atoms with Gasteiger partial charge in [-0.3, -0.25) is 33.6 Å². The number of rotatable bonds is 12. The average molecular weight is 1270 g/mol. The molecule has 8 aromatic rings. The van der Waals surface area contributed by atoms with E-state index in [4.69, 9.17) is 9.47 Å². The molecule has 2 saturated heterocycles. The topological polar surface area (TPSA) is 255 Å². The molecule has 0 aliphatic carbocycles. The number of nitrogens with zero attached hydrogens (tertiary/aromatic N) is 8. The Kier molecular flexibility index (Phi) is 19.1. The van der Waals surface area contributed by atoms with Crippen LogP contribution in [0.3, 0.4) is 0 Å². The van der Waals surface area contributed by atoms with E-state index in [2.05, 4.69) is 72.8 Å². The van der Waals surface area contributed by atoms with Crippen molar-refractivity contribution in [3.05, 3.63) is 199 Å². The molecule has 4 aliphatic heterocycles. The van der Waals surface area contributed by atoms with Crippen molar-refractivity contribution >= 4 is 75.7 Å². The van der Waals surface area contributed by atoms with Crippen LogP contribution in [0.4, 0.5) is 45.8 Å². The number of benzene rings is 4. The number of carbonyl (C=O) groups is 5. The lowest BCUT2D eigenvalue weighted by Gasteiger charge is -2.26. The van der Waals surface area contributed by atoms with Gasteiger partial charge in [-0.2, -0.15) is 0 Å². The maximum Gasteiger partial charge on any atom is 0.274 e. The summed E-state index contributed by atoms with van der Waals surface area (Å²) < 4.78 is 13.6. The Morgan fingerprint density at radius 1 is 0.553 bits per heavy atom. The largest absolute Gasteiger partial charge is 0.392 e. The van der Waals surface area contributed by atoms with Gasteiger partial charge in [0.05, 0.1) is 66.7 Å². The number of carbonyl (C=O) groups excluding carboxylic acids is 5. The van der Waals surface area contributed by atoms with E-state index in [0.29, 0.717) is 157 Å². The zero-order valence-corrected chi connectivity index (χ0v) is 54.2. The number of nitrogens with one attached hydrogen (secondary N) is 4. The van der Waals surface area contributed by atoms with Gasteiger partial charge in [0.15, 0.2) is 6.29 Å². The van der Waals surface area contributed by atoms with E-state index >= 15 is 0 Å². The van der Waals surface area contributed by atoms with Crippen molar-refractivity contribution < 1.29 is 38.6 Å². The second-order valence-corrected chi connectivity index (χ2v) is 25.6. The summed E-state index contributed by atoms with van der Waals surface area (Å²) in [5.41, 5.74) is 10.2. The Balaban J connectivity index is 0.000000192. The van der Waals surface area contributed by atoms with Crippen LogP contribution in [-0.2, 0) is 41.0 Å². The Morgan fingerprint density at radius 3 is 1.41 bits per heavy atom. The molecule has 12 rings (SSSR count). The fourth-order valence-corrected chi connectivity index (χ4v) is 11.9. The SMILES string of the molecule is Cn1cc(-c2cccc(N3CCNc4cc(C(C)(C)C)ccc4C3=O)c2C=O)cc(Nc2ccc(C(=O)N3CCOCC3)cn2)c1=O.Cn1cc(-c2cccc(N3CCNc4cc(C(C)(C)C)ccc4C3=O)c2CO)cc(Nc2ccc(C(=O)N3CCOCC3)cn2)c1=O. The zero-order valence-electron chi connectivity index (χ0n) is 54.2. The number of pyridine rings is 4. The second-order valence-electron chi connectivity index (χ2n) is 25.6. The Hall–Kier alpha value is -10.3.